The van der Waals surface area contributed by atoms with Crippen molar-refractivity contribution in [2.24, 2.45) is 0 Å². The molecule has 2 aromatic rings. The minimum absolute atomic E-state index is 0.117. The number of nitrogens with zero attached hydrogens (tertiary/aromatic N) is 2. The number of aryl methyl sites for hydroxylation is 1. The van der Waals surface area contributed by atoms with Crippen LogP contribution in [0.5, 0.6) is 0 Å². The minimum atomic E-state index is -5.14. The van der Waals surface area contributed by atoms with Crippen LogP contribution in [-0.2, 0) is 23.9 Å². The first kappa shape index (κ1) is 24.7. The number of benzene rings is 1. The van der Waals surface area contributed by atoms with Crippen LogP contribution in [0.25, 0.3) is 0 Å². The summed E-state index contributed by atoms with van der Waals surface area (Å²) in [5, 5.41) is 19.1. The highest BCUT2D eigenvalue weighted by Gasteiger charge is 2.37. The molecule has 2 unspecified atom stereocenters. The van der Waals surface area contributed by atoms with Crippen LogP contribution in [0, 0.1) is 11.6 Å². The highest BCUT2D eigenvalue weighted by atomic mass is 19.4. The molecular formula is C19H21F5N2O5. The van der Waals surface area contributed by atoms with E-state index in [1.165, 1.54) is 6.92 Å². The van der Waals surface area contributed by atoms with E-state index < -0.39 is 66.2 Å². The zero-order chi connectivity index (χ0) is 23.5. The maximum absolute atomic E-state index is 13.9. The van der Waals surface area contributed by atoms with Crippen molar-refractivity contribution >= 4 is 0 Å². The maximum atomic E-state index is 13.9. The van der Waals surface area contributed by atoms with E-state index in [4.69, 9.17) is 9.84 Å². The van der Waals surface area contributed by atoms with Gasteiger partial charge >= 0.3 is 11.9 Å². The highest BCUT2D eigenvalue weighted by Crippen LogP contribution is 2.27. The molecule has 12 heteroatoms. The Bertz CT molecular complexity index is 1030. The molecule has 0 aliphatic heterocycles. The fourth-order valence-electron chi connectivity index (χ4n) is 2.84. The van der Waals surface area contributed by atoms with E-state index >= 15 is 0 Å². The first-order valence-electron chi connectivity index (χ1n) is 9.18. The number of rotatable bonds is 8. The molecular weight excluding hydrogens is 431 g/mol. The molecule has 0 saturated carbocycles. The SMILES string of the molecule is CC(CO)OC([C@H](C)O)n1cc(C(F)(F)F)c(=O)n(CCc2ccc(F)cc2F)c1=O. The smallest absolute Gasteiger partial charge is 0.394 e. The Balaban J connectivity index is 2.60. The maximum Gasteiger partial charge on any atom is 0.423 e. The molecule has 1 aromatic heterocycles. The summed E-state index contributed by atoms with van der Waals surface area (Å²) >= 11 is 0. The molecule has 0 fully saturated rings. The molecule has 172 valence electrons. The second-order valence-corrected chi connectivity index (χ2v) is 6.93. The Morgan fingerprint density at radius 3 is 2.32 bits per heavy atom. The van der Waals surface area contributed by atoms with Gasteiger partial charge in [-0.3, -0.25) is 13.9 Å². The van der Waals surface area contributed by atoms with Gasteiger partial charge in [-0.1, -0.05) is 6.07 Å². The fraction of sp³-hybridized carbons (Fsp3) is 0.474. The van der Waals surface area contributed by atoms with Gasteiger partial charge in [0.25, 0.3) is 5.56 Å². The van der Waals surface area contributed by atoms with Gasteiger partial charge in [0.15, 0.2) is 6.23 Å². The third kappa shape index (κ3) is 5.77. The van der Waals surface area contributed by atoms with Crippen LogP contribution in [0.2, 0.25) is 0 Å². The standard InChI is InChI=1S/C19H21F5N2O5/c1-10(9-27)31-17(11(2)28)26-8-14(19(22,23)24)16(29)25(18(26)30)6-5-12-3-4-13(20)7-15(12)21/h3-4,7-8,10-11,17,27-28H,5-6,9H2,1-2H3/t10?,11-,17?/m0/s1. The molecule has 2 N–H and O–H groups in total. The molecule has 0 aliphatic rings. The third-order valence-corrected chi connectivity index (χ3v) is 4.44. The highest BCUT2D eigenvalue weighted by molar-refractivity contribution is 5.19. The van der Waals surface area contributed by atoms with E-state index in [9.17, 15) is 36.6 Å². The lowest BCUT2D eigenvalue weighted by Gasteiger charge is -2.27. The zero-order valence-electron chi connectivity index (χ0n) is 16.6. The van der Waals surface area contributed by atoms with Gasteiger partial charge in [0.05, 0.1) is 18.8 Å². The average molecular weight is 452 g/mol. The largest absolute Gasteiger partial charge is 0.423 e. The second kappa shape index (κ2) is 9.71. The number of aliphatic hydroxyl groups excluding tert-OH is 2. The fourth-order valence-corrected chi connectivity index (χ4v) is 2.84. The summed E-state index contributed by atoms with van der Waals surface area (Å²) in [5.41, 5.74) is -4.71. The van der Waals surface area contributed by atoms with Crippen molar-refractivity contribution < 1.29 is 36.9 Å². The molecule has 0 saturated heterocycles. The lowest BCUT2D eigenvalue weighted by Crippen LogP contribution is -2.47. The van der Waals surface area contributed by atoms with Crippen molar-refractivity contribution in [3.05, 3.63) is 68.0 Å². The van der Waals surface area contributed by atoms with Gasteiger partial charge in [-0.25, -0.2) is 13.6 Å². The van der Waals surface area contributed by atoms with Crippen molar-refractivity contribution in [1.82, 2.24) is 9.13 Å². The first-order valence-corrected chi connectivity index (χ1v) is 9.18. The van der Waals surface area contributed by atoms with Crippen LogP contribution in [0.4, 0.5) is 22.0 Å². The monoisotopic (exact) mass is 452 g/mol. The third-order valence-electron chi connectivity index (χ3n) is 4.44. The van der Waals surface area contributed by atoms with Gasteiger partial charge in [0.1, 0.15) is 17.2 Å². The number of ether oxygens (including phenoxy) is 1. The van der Waals surface area contributed by atoms with Crippen LogP contribution in [0.1, 0.15) is 31.2 Å². The van der Waals surface area contributed by atoms with Gasteiger partial charge in [0.2, 0.25) is 0 Å². The lowest BCUT2D eigenvalue weighted by molar-refractivity contribution is -0.142. The molecule has 3 atom stereocenters. The van der Waals surface area contributed by atoms with E-state index in [0.29, 0.717) is 10.6 Å². The number of hydrogen-bond donors (Lipinski definition) is 2. The summed E-state index contributed by atoms with van der Waals surface area (Å²) in [6.07, 6.45) is -9.37. The van der Waals surface area contributed by atoms with Crippen LogP contribution < -0.4 is 11.2 Å². The summed E-state index contributed by atoms with van der Waals surface area (Å²) in [6.45, 7) is 1.32. The normalized spacial score (nSPS) is 15.0. The average Bonchev–Trinajstić information content (AvgIpc) is 2.66. The van der Waals surface area contributed by atoms with Gasteiger partial charge < -0.3 is 14.9 Å². The van der Waals surface area contributed by atoms with Crippen LogP contribution in [0.15, 0.2) is 34.0 Å². The molecule has 31 heavy (non-hydrogen) atoms. The van der Waals surface area contributed by atoms with E-state index in [0.717, 1.165) is 19.1 Å². The topological polar surface area (TPSA) is 93.7 Å². The van der Waals surface area contributed by atoms with Crippen molar-refractivity contribution in [3.8, 4) is 0 Å². The molecule has 0 bridgehead atoms. The van der Waals surface area contributed by atoms with E-state index in [1.807, 2.05) is 0 Å². The van der Waals surface area contributed by atoms with Crippen molar-refractivity contribution in [2.75, 3.05) is 6.61 Å². The van der Waals surface area contributed by atoms with E-state index in [2.05, 4.69) is 0 Å². The molecule has 1 aromatic carbocycles. The molecule has 0 aliphatic carbocycles. The Kier molecular flexibility index (Phi) is 7.73. The Hall–Kier alpha value is -2.57. The summed E-state index contributed by atoms with van der Waals surface area (Å²) in [6, 6.07) is 2.54. The quantitative estimate of drug-likeness (QED) is 0.597. The molecule has 7 nitrogen and oxygen atoms in total. The number of alkyl halides is 3. The molecule has 0 amide bonds. The Morgan fingerprint density at radius 2 is 1.81 bits per heavy atom. The first-order chi connectivity index (χ1) is 14.4. The van der Waals surface area contributed by atoms with E-state index in [-0.39, 0.29) is 22.7 Å². The van der Waals surface area contributed by atoms with Gasteiger partial charge in [-0.05, 0) is 31.9 Å². The summed E-state index contributed by atoms with van der Waals surface area (Å²) < 4.78 is 73.1. The van der Waals surface area contributed by atoms with Crippen molar-refractivity contribution in [3.63, 3.8) is 0 Å². The summed E-state index contributed by atoms with van der Waals surface area (Å²) in [7, 11) is 0. The minimum Gasteiger partial charge on any atom is -0.394 e. The predicted molar refractivity (Wildman–Crippen MR) is 98.4 cm³/mol. The Labute approximate surface area is 172 Å². The van der Waals surface area contributed by atoms with Gasteiger partial charge in [-0.2, -0.15) is 13.2 Å². The molecule has 0 radical (unpaired) electrons. The number of hydrogen-bond acceptors (Lipinski definition) is 5. The van der Waals surface area contributed by atoms with Crippen LogP contribution in [-0.4, -0.2) is 38.2 Å². The number of aliphatic hydroxyl groups is 2. The van der Waals surface area contributed by atoms with Gasteiger partial charge in [0, 0.05) is 18.8 Å². The molecule has 2 rings (SSSR count). The Morgan fingerprint density at radius 1 is 1.16 bits per heavy atom. The van der Waals surface area contributed by atoms with Crippen molar-refractivity contribution in [1.29, 1.82) is 0 Å². The predicted octanol–water partition coefficient (Wildman–Crippen LogP) is 1.83. The van der Waals surface area contributed by atoms with Gasteiger partial charge in [-0.15, -0.1) is 0 Å². The number of aromatic nitrogens is 2. The van der Waals surface area contributed by atoms with Crippen LogP contribution >= 0.6 is 0 Å². The molecule has 1 heterocycles. The van der Waals surface area contributed by atoms with E-state index in [1.54, 1.807) is 0 Å². The zero-order valence-corrected chi connectivity index (χ0v) is 16.6. The summed E-state index contributed by atoms with van der Waals surface area (Å²) in [5.74, 6) is -1.85. The second-order valence-electron chi connectivity index (χ2n) is 6.93. The summed E-state index contributed by atoms with van der Waals surface area (Å²) in [4.78, 5) is 25.1. The van der Waals surface area contributed by atoms with Crippen LogP contribution in [0.3, 0.4) is 0 Å². The van der Waals surface area contributed by atoms with Crippen molar-refractivity contribution in [2.45, 2.75) is 51.4 Å². The lowest BCUT2D eigenvalue weighted by atomic mass is 10.1. The number of halogens is 5. The molecule has 0 spiro atoms.